The molecule has 0 aliphatic carbocycles. The molecule has 1 atom stereocenters. The monoisotopic (exact) mass is 368 g/mol. The average molecular weight is 368 g/mol. The van der Waals surface area contributed by atoms with Crippen LogP contribution in [-0.4, -0.2) is 35.2 Å². The van der Waals surface area contributed by atoms with E-state index in [1.54, 1.807) is 24.3 Å². The minimum atomic E-state index is -0.565. The van der Waals surface area contributed by atoms with Crippen molar-refractivity contribution in [3.63, 3.8) is 0 Å². The van der Waals surface area contributed by atoms with Crippen LogP contribution in [0.4, 0.5) is 10.1 Å². The van der Waals surface area contributed by atoms with Gasteiger partial charge in [-0.3, -0.25) is 14.7 Å². The van der Waals surface area contributed by atoms with Crippen LogP contribution in [0.2, 0.25) is 0 Å². The van der Waals surface area contributed by atoms with Gasteiger partial charge < -0.3 is 15.4 Å². The molecule has 1 aliphatic heterocycles. The van der Waals surface area contributed by atoms with E-state index in [4.69, 9.17) is 4.74 Å². The van der Waals surface area contributed by atoms with E-state index in [9.17, 15) is 14.0 Å². The molecule has 3 aromatic rings. The Labute approximate surface area is 153 Å². The van der Waals surface area contributed by atoms with Crippen molar-refractivity contribution in [3.8, 4) is 17.0 Å². The minimum Gasteiger partial charge on any atom is -0.494 e. The number of anilines is 1. The molecule has 1 aromatic heterocycles. The summed E-state index contributed by atoms with van der Waals surface area (Å²) in [6.07, 6.45) is 0.787. The van der Waals surface area contributed by atoms with E-state index in [2.05, 4.69) is 20.8 Å². The van der Waals surface area contributed by atoms with Crippen molar-refractivity contribution >= 4 is 28.4 Å². The van der Waals surface area contributed by atoms with Crippen molar-refractivity contribution in [1.82, 2.24) is 15.5 Å². The Hall–Kier alpha value is -3.42. The van der Waals surface area contributed by atoms with Gasteiger partial charge in [0.25, 0.3) is 0 Å². The number of methoxy groups -OCH3 is 1. The summed E-state index contributed by atoms with van der Waals surface area (Å²) in [6.45, 7) is 0. The predicted molar refractivity (Wildman–Crippen MR) is 97.8 cm³/mol. The van der Waals surface area contributed by atoms with Crippen LogP contribution in [0.5, 0.6) is 5.75 Å². The Morgan fingerprint density at radius 2 is 2.19 bits per heavy atom. The number of nitrogens with one attached hydrogen (secondary N) is 3. The van der Waals surface area contributed by atoms with Crippen LogP contribution < -0.4 is 15.4 Å². The summed E-state index contributed by atoms with van der Waals surface area (Å²) in [4.78, 5) is 23.8. The highest BCUT2D eigenvalue weighted by Gasteiger charge is 2.28. The van der Waals surface area contributed by atoms with Crippen molar-refractivity contribution in [2.75, 3.05) is 12.4 Å². The second kappa shape index (κ2) is 6.71. The number of carbonyl (C=O) groups excluding carboxylic acids is 2. The maximum Gasteiger partial charge on any atom is 0.247 e. The first-order valence-electron chi connectivity index (χ1n) is 8.48. The van der Waals surface area contributed by atoms with E-state index in [0.717, 1.165) is 0 Å². The molecule has 3 N–H and O–H groups in total. The van der Waals surface area contributed by atoms with Crippen LogP contribution in [0.15, 0.2) is 36.4 Å². The molecule has 4 rings (SSSR count). The van der Waals surface area contributed by atoms with Crippen LogP contribution in [0.25, 0.3) is 22.2 Å². The quantitative estimate of drug-likeness (QED) is 0.660. The maximum absolute atomic E-state index is 13.6. The van der Waals surface area contributed by atoms with E-state index in [-0.39, 0.29) is 17.6 Å². The molecule has 2 heterocycles. The van der Waals surface area contributed by atoms with E-state index in [1.165, 1.54) is 19.2 Å². The lowest BCUT2D eigenvalue weighted by Crippen LogP contribution is -2.37. The molecule has 27 heavy (non-hydrogen) atoms. The minimum absolute atomic E-state index is 0.138. The zero-order valence-electron chi connectivity index (χ0n) is 14.5. The lowest BCUT2D eigenvalue weighted by Gasteiger charge is -2.14. The summed E-state index contributed by atoms with van der Waals surface area (Å²) in [5.41, 5.74) is 2.26. The fourth-order valence-electron chi connectivity index (χ4n) is 3.27. The molecule has 0 saturated carbocycles. The summed E-state index contributed by atoms with van der Waals surface area (Å²) in [5.74, 6) is -0.405. The average Bonchev–Trinajstić information content (AvgIpc) is 3.28. The molecule has 7 nitrogen and oxygen atoms in total. The number of hydrogen-bond acceptors (Lipinski definition) is 4. The molecular formula is C19H17FN4O3. The first-order chi connectivity index (χ1) is 13.1. The lowest BCUT2D eigenvalue weighted by atomic mass is 10.1. The van der Waals surface area contributed by atoms with E-state index >= 15 is 0 Å². The Morgan fingerprint density at radius 1 is 1.33 bits per heavy atom. The Morgan fingerprint density at radius 3 is 2.89 bits per heavy atom. The number of aromatic amines is 1. The van der Waals surface area contributed by atoms with Gasteiger partial charge in [-0.25, -0.2) is 4.39 Å². The van der Waals surface area contributed by atoms with Gasteiger partial charge in [0.1, 0.15) is 17.6 Å². The van der Waals surface area contributed by atoms with Crippen LogP contribution in [0, 0.1) is 5.82 Å². The van der Waals surface area contributed by atoms with Crippen molar-refractivity contribution < 1.29 is 18.7 Å². The summed E-state index contributed by atoms with van der Waals surface area (Å²) in [6, 6.07) is 8.99. The van der Waals surface area contributed by atoms with E-state index in [0.29, 0.717) is 46.4 Å². The zero-order chi connectivity index (χ0) is 19.0. The summed E-state index contributed by atoms with van der Waals surface area (Å²) in [7, 11) is 1.49. The number of fused-ring (bicyclic) bond motifs is 1. The zero-order valence-corrected chi connectivity index (χ0v) is 14.5. The Balaban J connectivity index is 1.75. The van der Waals surface area contributed by atoms with Crippen molar-refractivity contribution in [2.24, 2.45) is 0 Å². The third-order valence-corrected chi connectivity index (χ3v) is 4.55. The van der Waals surface area contributed by atoms with Gasteiger partial charge in [0.05, 0.1) is 23.7 Å². The van der Waals surface area contributed by atoms with Crippen molar-refractivity contribution in [2.45, 2.75) is 18.9 Å². The topological polar surface area (TPSA) is 96.1 Å². The fourth-order valence-corrected chi connectivity index (χ4v) is 3.27. The number of nitrogens with zero attached hydrogens (tertiary/aromatic N) is 1. The molecule has 2 amide bonds. The molecule has 0 spiro atoms. The largest absolute Gasteiger partial charge is 0.494 e. The van der Waals surface area contributed by atoms with Gasteiger partial charge in [-0.2, -0.15) is 5.10 Å². The molecular weight excluding hydrogens is 351 g/mol. The fraction of sp³-hybridized carbons (Fsp3) is 0.211. The molecule has 1 aliphatic rings. The molecule has 0 radical (unpaired) electrons. The lowest BCUT2D eigenvalue weighted by molar-refractivity contribution is -0.122. The molecule has 138 valence electrons. The van der Waals surface area contributed by atoms with Crippen LogP contribution in [0.3, 0.4) is 0 Å². The summed E-state index contributed by atoms with van der Waals surface area (Å²) >= 11 is 0. The maximum atomic E-state index is 13.6. The van der Waals surface area contributed by atoms with Gasteiger partial charge in [0.2, 0.25) is 11.8 Å². The number of ether oxygens (including phenoxy) is 1. The first-order valence-corrected chi connectivity index (χ1v) is 8.48. The highest BCUT2D eigenvalue weighted by molar-refractivity contribution is 6.06. The Bertz CT molecular complexity index is 1050. The molecule has 8 heteroatoms. The van der Waals surface area contributed by atoms with Gasteiger partial charge in [-0.15, -0.1) is 0 Å². The van der Waals surface area contributed by atoms with Gasteiger partial charge in [0.15, 0.2) is 5.75 Å². The van der Waals surface area contributed by atoms with Gasteiger partial charge >= 0.3 is 0 Å². The number of carbonyl (C=O) groups is 2. The molecule has 2 aromatic carbocycles. The highest BCUT2D eigenvalue weighted by Crippen LogP contribution is 2.39. The molecule has 0 bridgehead atoms. The van der Waals surface area contributed by atoms with Gasteiger partial charge in [-0.05, 0) is 30.7 Å². The smallest absolute Gasteiger partial charge is 0.247 e. The number of hydrogen-bond donors (Lipinski definition) is 3. The van der Waals surface area contributed by atoms with Crippen molar-refractivity contribution in [3.05, 3.63) is 42.2 Å². The molecule has 1 fully saturated rings. The van der Waals surface area contributed by atoms with Gasteiger partial charge in [0, 0.05) is 12.0 Å². The highest BCUT2D eigenvalue weighted by atomic mass is 19.1. The van der Waals surface area contributed by atoms with Crippen LogP contribution in [-0.2, 0) is 9.59 Å². The second-order valence-corrected chi connectivity index (χ2v) is 6.30. The normalized spacial score (nSPS) is 16.4. The van der Waals surface area contributed by atoms with E-state index < -0.39 is 6.04 Å². The van der Waals surface area contributed by atoms with E-state index in [1.807, 2.05) is 0 Å². The third kappa shape index (κ3) is 3.10. The number of aromatic nitrogens is 2. The Kier molecular flexibility index (Phi) is 4.23. The number of amides is 2. The van der Waals surface area contributed by atoms with Crippen LogP contribution >= 0.6 is 0 Å². The SMILES string of the molecule is COc1c(NC(=O)C2CCC(=O)N2)ccc2[nH]nc(-c3cccc(F)c3)c12. The first kappa shape index (κ1) is 17.0. The number of benzene rings is 2. The number of rotatable bonds is 4. The summed E-state index contributed by atoms with van der Waals surface area (Å²) < 4.78 is 19.2. The molecule has 1 unspecified atom stereocenters. The summed E-state index contributed by atoms with van der Waals surface area (Å²) in [5, 5.41) is 13.3. The second-order valence-electron chi connectivity index (χ2n) is 6.30. The van der Waals surface area contributed by atoms with Crippen molar-refractivity contribution in [1.29, 1.82) is 0 Å². The molecule has 1 saturated heterocycles. The standard InChI is InChI=1S/C19H17FN4O3/c1-27-18-13(22-19(26)14-7-8-15(25)21-14)6-5-12-16(18)17(24-23-12)10-3-2-4-11(20)9-10/h2-6,9,14H,7-8H2,1H3,(H,21,25)(H,22,26)(H,23,24). The predicted octanol–water partition coefficient (Wildman–Crippen LogP) is 2.59. The third-order valence-electron chi connectivity index (χ3n) is 4.55. The van der Waals surface area contributed by atoms with Gasteiger partial charge in [-0.1, -0.05) is 12.1 Å². The number of halogens is 1. The van der Waals surface area contributed by atoms with Crippen LogP contribution in [0.1, 0.15) is 12.8 Å². The number of H-pyrrole nitrogens is 1.